The summed E-state index contributed by atoms with van der Waals surface area (Å²) in [5, 5.41) is 6.36. The van der Waals surface area contributed by atoms with Crippen LogP contribution in [0.15, 0.2) is 18.3 Å². The van der Waals surface area contributed by atoms with Gasteiger partial charge < -0.3 is 15.4 Å². The molecule has 2 N–H and O–H groups in total. The molecule has 1 aromatic heterocycles. The monoisotopic (exact) mass is 291 g/mol. The van der Waals surface area contributed by atoms with Crippen LogP contribution in [-0.4, -0.2) is 37.7 Å². The average molecular weight is 291 g/mol. The number of ether oxygens (including phenoxy) is 1. The van der Waals surface area contributed by atoms with E-state index in [1.165, 1.54) is 5.56 Å². The molecule has 2 rings (SSSR count). The second-order valence-corrected chi connectivity index (χ2v) is 5.61. The fourth-order valence-corrected chi connectivity index (χ4v) is 2.92. The van der Waals surface area contributed by atoms with Gasteiger partial charge in [-0.3, -0.25) is 9.78 Å². The van der Waals surface area contributed by atoms with Gasteiger partial charge in [0.05, 0.1) is 24.3 Å². The zero-order valence-electron chi connectivity index (χ0n) is 12.9. The summed E-state index contributed by atoms with van der Waals surface area (Å²) < 4.78 is 5.30. The van der Waals surface area contributed by atoms with Gasteiger partial charge >= 0.3 is 0 Å². The first-order valence-electron chi connectivity index (χ1n) is 7.62. The lowest BCUT2D eigenvalue weighted by atomic mass is 9.78. The van der Waals surface area contributed by atoms with Gasteiger partial charge in [0.15, 0.2) is 0 Å². The van der Waals surface area contributed by atoms with Gasteiger partial charge in [-0.25, -0.2) is 0 Å². The Kier molecular flexibility index (Phi) is 5.70. The normalized spacial score (nSPS) is 17.4. The second-order valence-electron chi connectivity index (χ2n) is 5.61. The van der Waals surface area contributed by atoms with Crippen molar-refractivity contribution in [2.75, 3.05) is 26.8 Å². The number of nitrogens with zero attached hydrogens (tertiary/aromatic N) is 1. The molecule has 1 saturated heterocycles. The van der Waals surface area contributed by atoms with Crippen molar-refractivity contribution in [1.82, 2.24) is 15.6 Å². The molecule has 116 valence electrons. The maximum Gasteiger partial charge on any atom is 0.228 e. The molecule has 0 radical (unpaired) electrons. The molecule has 0 atom stereocenters. The lowest BCUT2D eigenvalue weighted by molar-refractivity contribution is -0.136. The van der Waals surface area contributed by atoms with E-state index < -0.39 is 5.41 Å². The topological polar surface area (TPSA) is 63.2 Å². The number of nitrogens with one attached hydrogen (secondary N) is 2. The quantitative estimate of drug-likeness (QED) is 0.829. The largest absolute Gasteiger partial charge is 0.384 e. The number of methoxy groups -OCH3 is 1. The second kappa shape index (κ2) is 7.52. The molecule has 1 amide bonds. The molecule has 0 unspecified atom stereocenters. The molecule has 1 aromatic rings. The third-order valence-corrected chi connectivity index (χ3v) is 4.24. The molecule has 1 aliphatic rings. The lowest BCUT2D eigenvalue weighted by Gasteiger charge is -2.35. The number of rotatable bonds is 6. The van der Waals surface area contributed by atoms with Crippen molar-refractivity contribution in [3.8, 4) is 0 Å². The first-order chi connectivity index (χ1) is 10.2. The van der Waals surface area contributed by atoms with E-state index in [0.29, 0.717) is 13.2 Å². The number of pyridine rings is 1. The van der Waals surface area contributed by atoms with Gasteiger partial charge in [0.2, 0.25) is 5.91 Å². The molecular weight excluding hydrogens is 266 g/mol. The van der Waals surface area contributed by atoms with Crippen molar-refractivity contribution < 1.29 is 9.53 Å². The highest BCUT2D eigenvalue weighted by Crippen LogP contribution is 2.29. The maximum atomic E-state index is 12.6. The number of hydrogen-bond acceptors (Lipinski definition) is 4. The summed E-state index contributed by atoms with van der Waals surface area (Å²) >= 11 is 0. The number of amides is 1. The van der Waals surface area contributed by atoms with Gasteiger partial charge in [-0.1, -0.05) is 13.0 Å². The van der Waals surface area contributed by atoms with Crippen LogP contribution in [0.2, 0.25) is 0 Å². The third-order valence-electron chi connectivity index (χ3n) is 4.24. The maximum absolute atomic E-state index is 12.6. The molecule has 0 bridgehead atoms. The molecule has 0 spiro atoms. The Balaban J connectivity index is 2.02. The van der Waals surface area contributed by atoms with Crippen LogP contribution >= 0.6 is 0 Å². The Hall–Kier alpha value is -1.46. The van der Waals surface area contributed by atoms with Crippen molar-refractivity contribution in [3.05, 3.63) is 29.6 Å². The lowest BCUT2D eigenvalue weighted by Crippen LogP contribution is -2.50. The SMILES string of the molecule is CCc1cccnc1CNC(=O)C1(COC)CCNCC1. The average Bonchev–Trinajstić information content (AvgIpc) is 2.54. The summed E-state index contributed by atoms with van der Waals surface area (Å²) in [5.41, 5.74) is 1.74. The summed E-state index contributed by atoms with van der Waals surface area (Å²) in [5.74, 6) is 0.0820. The van der Waals surface area contributed by atoms with Gasteiger partial charge in [-0.2, -0.15) is 0 Å². The summed E-state index contributed by atoms with van der Waals surface area (Å²) in [7, 11) is 1.66. The Morgan fingerprint density at radius 3 is 2.90 bits per heavy atom. The van der Waals surface area contributed by atoms with Gasteiger partial charge in [0, 0.05) is 13.3 Å². The van der Waals surface area contributed by atoms with Crippen LogP contribution < -0.4 is 10.6 Å². The third kappa shape index (κ3) is 3.80. The van der Waals surface area contributed by atoms with Crippen LogP contribution in [0.5, 0.6) is 0 Å². The van der Waals surface area contributed by atoms with E-state index in [1.807, 2.05) is 6.07 Å². The molecule has 0 aliphatic carbocycles. The molecule has 21 heavy (non-hydrogen) atoms. The van der Waals surface area contributed by atoms with Gasteiger partial charge in [0.1, 0.15) is 0 Å². The predicted molar refractivity (Wildman–Crippen MR) is 81.9 cm³/mol. The van der Waals surface area contributed by atoms with Crippen molar-refractivity contribution in [2.24, 2.45) is 5.41 Å². The van der Waals surface area contributed by atoms with E-state index in [-0.39, 0.29) is 5.91 Å². The highest BCUT2D eigenvalue weighted by atomic mass is 16.5. The standard InChI is InChI=1S/C16H25N3O2/c1-3-13-5-4-8-18-14(13)11-19-15(20)16(12-21-2)6-9-17-10-7-16/h4-5,8,17H,3,6-7,9-12H2,1-2H3,(H,19,20). The van der Waals surface area contributed by atoms with Crippen LogP contribution in [0.4, 0.5) is 0 Å². The zero-order chi connectivity index (χ0) is 15.1. The van der Waals surface area contributed by atoms with Gasteiger partial charge in [0.25, 0.3) is 0 Å². The molecule has 1 aliphatic heterocycles. The van der Waals surface area contributed by atoms with Crippen LogP contribution in [0, 0.1) is 5.41 Å². The Morgan fingerprint density at radius 2 is 2.24 bits per heavy atom. The first kappa shape index (κ1) is 15.9. The molecule has 5 nitrogen and oxygen atoms in total. The molecular formula is C16H25N3O2. The van der Waals surface area contributed by atoms with Crippen LogP contribution in [0.25, 0.3) is 0 Å². The van der Waals surface area contributed by atoms with E-state index >= 15 is 0 Å². The molecule has 0 aromatic carbocycles. The van der Waals surface area contributed by atoms with E-state index in [9.17, 15) is 4.79 Å². The number of carbonyl (C=O) groups is 1. The van der Waals surface area contributed by atoms with E-state index in [0.717, 1.165) is 38.0 Å². The van der Waals surface area contributed by atoms with Crippen LogP contribution in [0.1, 0.15) is 31.0 Å². The van der Waals surface area contributed by atoms with Crippen molar-refractivity contribution in [1.29, 1.82) is 0 Å². The predicted octanol–water partition coefficient (Wildman–Crippen LogP) is 1.28. The van der Waals surface area contributed by atoms with Gasteiger partial charge in [-0.05, 0) is 44.0 Å². The van der Waals surface area contributed by atoms with E-state index in [2.05, 4.69) is 28.6 Å². The number of aryl methyl sites for hydroxylation is 1. The molecule has 2 heterocycles. The van der Waals surface area contributed by atoms with Crippen molar-refractivity contribution >= 4 is 5.91 Å². The molecule has 1 fully saturated rings. The van der Waals surface area contributed by atoms with E-state index in [1.54, 1.807) is 13.3 Å². The minimum atomic E-state index is -0.402. The Labute approximate surface area is 126 Å². The van der Waals surface area contributed by atoms with Gasteiger partial charge in [-0.15, -0.1) is 0 Å². The molecule has 5 heteroatoms. The minimum absolute atomic E-state index is 0.0820. The Morgan fingerprint density at radius 1 is 1.48 bits per heavy atom. The van der Waals surface area contributed by atoms with Crippen LogP contribution in [0.3, 0.4) is 0 Å². The summed E-state index contributed by atoms with van der Waals surface area (Å²) in [6, 6.07) is 3.99. The molecule has 0 saturated carbocycles. The van der Waals surface area contributed by atoms with Crippen LogP contribution in [-0.2, 0) is 22.5 Å². The number of hydrogen-bond donors (Lipinski definition) is 2. The number of aromatic nitrogens is 1. The number of carbonyl (C=O) groups excluding carboxylic acids is 1. The highest BCUT2D eigenvalue weighted by Gasteiger charge is 2.39. The summed E-state index contributed by atoms with van der Waals surface area (Å²) in [6.07, 6.45) is 4.33. The minimum Gasteiger partial charge on any atom is -0.384 e. The smallest absolute Gasteiger partial charge is 0.228 e. The van der Waals surface area contributed by atoms with Crippen molar-refractivity contribution in [2.45, 2.75) is 32.7 Å². The first-order valence-corrected chi connectivity index (χ1v) is 7.62. The fourth-order valence-electron chi connectivity index (χ4n) is 2.92. The number of piperidine rings is 1. The van der Waals surface area contributed by atoms with Crippen molar-refractivity contribution in [3.63, 3.8) is 0 Å². The zero-order valence-corrected chi connectivity index (χ0v) is 12.9. The Bertz CT molecular complexity index is 465. The summed E-state index contributed by atoms with van der Waals surface area (Å²) in [6.45, 7) is 4.79. The fraction of sp³-hybridized carbons (Fsp3) is 0.625. The highest BCUT2D eigenvalue weighted by molar-refractivity contribution is 5.83. The summed E-state index contributed by atoms with van der Waals surface area (Å²) in [4.78, 5) is 17.0. The van der Waals surface area contributed by atoms with E-state index in [4.69, 9.17) is 4.74 Å².